The van der Waals surface area contributed by atoms with Crippen LogP contribution >= 0.6 is 0 Å². The lowest BCUT2D eigenvalue weighted by Gasteiger charge is -2.22. The number of H-pyrrole nitrogens is 2. The summed E-state index contributed by atoms with van der Waals surface area (Å²) in [4.78, 5) is 16.8. The number of methoxy groups -OCH3 is 1. The fourth-order valence-electron chi connectivity index (χ4n) is 2.25. The number of aromatic nitrogens is 2. The van der Waals surface area contributed by atoms with Gasteiger partial charge in [0, 0.05) is 19.2 Å². The standard InChI is InChI=1S/C14H21N3O2/c1-4-11(8-19-3)15-9(2)10-5-6-12-13(7-10)17-14(18)16-12/h5-7,9,11,15H,4,8H2,1-3H3,(H2,16,17,18). The molecule has 2 aromatic rings. The molecule has 19 heavy (non-hydrogen) atoms. The third-order valence-corrected chi connectivity index (χ3v) is 3.39. The largest absolute Gasteiger partial charge is 0.383 e. The highest BCUT2D eigenvalue weighted by molar-refractivity contribution is 5.75. The van der Waals surface area contributed by atoms with Gasteiger partial charge < -0.3 is 20.0 Å². The average molecular weight is 263 g/mol. The van der Waals surface area contributed by atoms with Crippen molar-refractivity contribution in [1.29, 1.82) is 0 Å². The van der Waals surface area contributed by atoms with Gasteiger partial charge in [0.1, 0.15) is 0 Å². The number of ether oxygens (including phenoxy) is 1. The van der Waals surface area contributed by atoms with Crippen molar-refractivity contribution in [3.63, 3.8) is 0 Å². The maximum absolute atomic E-state index is 11.2. The van der Waals surface area contributed by atoms with Crippen LogP contribution in [0.15, 0.2) is 23.0 Å². The molecule has 0 bridgehead atoms. The van der Waals surface area contributed by atoms with Crippen LogP contribution in [0.2, 0.25) is 0 Å². The Morgan fingerprint density at radius 3 is 2.74 bits per heavy atom. The molecular formula is C14H21N3O2. The first-order valence-electron chi connectivity index (χ1n) is 6.61. The van der Waals surface area contributed by atoms with E-state index in [4.69, 9.17) is 4.74 Å². The molecule has 0 aliphatic rings. The number of hydrogen-bond acceptors (Lipinski definition) is 3. The van der Waals surface area contributed by atoms with Crippen LogP contribution in [0.5, 0.6) is 0 Å². The van der Waals surface area contributed by atoms with Gasteiger partial charge in [-0.15, -0.1) is 0 Å². The van der Waals surface area contributed by atoms with Crippen LogP contribution in [0, 0.1) is 0 Å². The monoisotopic (exact) mass is 263 g/mol. The Hall–Kier alpha value is -1.59. The average Bonchev–Trinajstić information content (AvgIpc) is 2.76. The van der Waals surface area contributed by atoms with E-state index in [2.05, 4.69) is 29.1 Å². The number of hydrogen-bond donors (Lipinski definition) is 3. The first-order valence-corrected chi connectivity index (χ1v) is 6.61. The number of nitrogens with one attached hydrogen (secondary N) is 3. The lowest BCUT2D eigenvalue weighted by molar-refractivity contribution is 0.159. The highest BCUT2D eigenvalue weighted by Gasteiger charge is 2.12. The predicted molar refractivity (Wildman–Crippen MR) is 76.4 cm³/mol. The summed E-state index contributed by atoms with van der Waals surface area (Å²) < 4.78 is 5.19. The topological polar surface area (TPSA) is 69.9 Å². The highest BCUT2D eigenvalue weighted by atomic mass is 16.5. The van der Waals surface area contributed by atoms with Crippen molar-refractivity contribution in [3.8, 4) is 0 Å². The van der Waals surface area contributed by atoms with Gasteiger partial charge in [0.15, 0.2) is 0 Å². The quantitative estimate of drug-likeness (QED) is 0.746. The molecule has 0 fully saturated rings. The summed E-state index contributed by atoms with van der Waals surface area (Å²) in [5.74, 6) is 0. The number of rotatable bonds is 6. The van der Waals surface area contributed by atoms with Crippen LogP contribution in [0.4, 0.5) is 0 Å². The van der Waals surface area contributed by atoms with Crippen LogP contribution in [-0.2, 0) is 4.74 Å². The molecule has 0 amide bonds. The van der Waals surface area contributed by atoms with Crippen molar-refractivity contribution < 1.29 is 4.74 Å². The van der Waals surface area contributed by atoms with Gasteiger partial charge >= 0.3 is 5.69 Å². The Bertz CT molecular complexity index is 588. The van der Waals surface area contributed by atoms with E-state index in [1.54, 1.807) is 7.11 Å². The summed E-state index contributed by atoms with van der Waals surface area (Å²) >= 11 is 0. The van der Waals surface area contributed by atoms with Gasteiger partial charge in [-0.25, -0.2) is 4.79 Å². The van der Waals surface area contributed by atoms with E-state index in [1.807, 2.05) is 18.2 Å². The molecule has 0 saturated carbocycles. The fraction of sp³-hybridized carbons (Fsp3) is 0.500. The fourth-order valence-corrected chi connectivity index (χ4v) is 2.25. The normalized spacial score (nSPS) is 14.7. The van der Waals surface area contributed by atoms with Gasteiger partial charge in [0.05, 0.1) is 17.6 Å². The Labute approximate surface area is 112 Å². The number of benzene rings is 1. The zero-order valence-electron chi connectivity index (χ0n) is 11.6. The van der Waals surface area contributed by atoms with Crippen LogP contribution in [0.3, 0.4) is 0 Å². The maximum atomic E-state index is 11.2. The third kappa shape index (κ3) is 3.24. The minimum atomic E-state index is -0.168. The van der Waals surface area contributed by atoms with E-state index >= 15 is 0 Å². The lowest BCUT2D eigenvalue weighted by atomic mass is 10.1. The minimum absolute atomic E-state index is 0.168. The molecule has 5 nitrogen and oxygen atoms in total. The van der Waals surface area contributed by atoms with E-state index in [0.29, 0.717) is 12.6 Å². The van der Waals surface area contributed by atoms with Crippen molar-refractivity contribution in [3.05, 3.63) is 34.2 Å². The van der Waals surface area contributed by atoms with Crippen LogP contribution in [-0.4, -0.2) is 29.7 Å². The first kappa shape index (κ1) is 13.8. The highest BCUT2D eigenvalue weighted by Crippen LogP contribution is 2.17. The molecule has 1 aromatic heterocycles. The molecule has 1 aromatic carbocycles. The third-order valence-electron chi connectivity index (χ3n) is 3.39. The van der Waals surface area contributed by atoms with Gasteiger partial charge in [0.25, 0.3) is 0 Å². The SMILES string of the molecule is CCC(COC)NC(C)c1ccc2[nH]c(=O)[nH]c2c1. The summed E-state index contributed by atoms with van der Waals surface area (Å²) in [6.45, 7) is 4.95. The molecule has 0 aliphatic carbocycles. The van der Waals surface area contributed by atoms with Crippen molar-refractivity contribution in [2.45, 2.75) is 32.4 Å². The molecule has 1 heterocycles. The number of imidazole rings is 1. The molecule has 2 unspecified atom stereocenters. The lowest BCUT2D eigenvalue weighted by Crippen LogP contribution is -2.34. The second-order valence-electron chi connectivity index (χ2n) is 4.83. The molecule has 0 saturated heterocycles. The van der Waals surface area contributed by atoms with Gasteiger partial charge in [-0.05, 0) is 31.0 Å². The minimum Gasteiger partial charge on any atom is -0.383 e. The molecule has 2 rings (SSSR count). The van der Waals surface area contributed by atoms with Crippen molar-refractivity contribution in [2.75, 3.05) is 13.7 Å². The molecule has 0 aliphatic heterocycles. The molecular weight excluding hydrogens is 242 g/mol. The summed E-state index contributed by atoms with van der Waals surface area (Å²) in [6, 6.07) is 6.51. The Morgan fingerprint density at radius 2 is 2.05 bits per heavy atom. The summed E-state index contributed by atoms with van der Waals surface area (Å²) in [6.07, 6.45) is 1.02. The second-order valence-corrected chi connectivity index (χ2v) is 4.83. The predicted octanol–water partition coefficient (Wildman–Crippen LogP) is 1.93. The van der Waals surface area contributed by atoms with E-state index in [-0.39, 0.29) is 11.7 Å². The molecule has 0 spiro atoms. The molecule has 3 N–H and O–H groups in total. The van der Waals surface area contributed by atoms with Gasteiger partial charge in [-0.1, -0.05) is 13.0 Å². The van der Waals surface area contributed by atoms with Gasteiger partial charge in [0.2, 0.25) is 0 Å². The Balaban J connectivity index is 2.15. The zero-order chi connectivity index (χ0) is 13.8. The number of aromatic amines is 2. The van der Waals surface area contributed by atoms with E-state index in [1.165, 1.54) is 0 Å². The molecule has 5 heteroatoms. The first-order chi connectivity index (χ1) is 9.13. The summed E-state index contributed by atoms with van der Waals surface area (Å²) in [5, 5.41) is 3.53. The van der Waals surface area contributed by atoms with E-state index in [9.17, 15) is 4.79 Å². The summed E-state index contributed by atoms with van der Waals surface area (Å²) in [5.41, 5.74) is 2.66. The Kier molecular flexibility index (Phi) is 4.39. The van der Waals surface area contributed by atoms with Crippen LogP contribution < -0.4 is 11.0 Å². The molecule has 0 radical (unpaired) electrons. The summed E-state index contributed by atoms with van der Waals surface area (Å²) in [7, 11) is 1.71. The second kappa shape index (κ2) is 6.04. The molecule has 2 atom stereocenters. The maximum Gasteiger partial charge on any atom is 0.323 e. The Morgan fingerprint density at radius 1 is 1.32 bits per heavy atom. The van der Waals surface area contributed by atoms with E-state index in [0.717, 1.165) is 23.0 Å². The van der Waals surface area contributed by atoms with Crippen molar-refractivity contribution in [1.82, 2.24) is 15.3 Å². The molecule has 104 valence electrons. The van der Waals surface area contributed by atoms with Crippen molar-refractivity contribution >= 4 is 11.0 Å². The van der Waals surface area contributed by atoms with Gasteiger partial charge in [-0.2, -0.15) is 0 Å². The zero-order valence-corrected chi connectivity index (χ0v) is 11.6. The van der Waals surface area contributed by atoms with Crippen LogP contribution in [0.25, 0.3) is 11.0 Å². The van der Waals surface area contributed by atoms with Gasteiger partial charge in [-0.3, -0.25) is 0 Å². The number of fused-ring (bicyclic) bond motifs is 1. The smallest absolute Gasteiger partial charge is 0.323 e. The van der Waals surface area contributed by atoms with Crippen LogP contribution in [0.1, 0.15) is 31.9 Å². The van der Waals surface area contributed by atoms with E-state index < -0.39 is 0 Å². The van der Waals surface area contributed by atoms with Crippen molar-refractivity contribution in [2.24, 2.45) is 0 Å².